The molecule has 0 aliphatic heterocycles. The maximum atomic E-state index is 5.75. The van der Waals surface area contributed by atoms with Gasteiger partial charge in [-0.25, -0.2) is 0 Å². The molecule has 1 fully saturated rings. The predicted octanol–water partition coefficient (Wildman–Crippen LogP) is 6.64. The lowest BCUT2D eigenvalue weighted by Crippen LogP contribution is -2.07. The maximum absolute atomic E-state index is 5.75. The minimum absolute atomic E-state index is 0.392. The van der Waals surface area contributed by atoms with Crippen molar-refractivity contribution in [2.24, 2.45) is 5.92 Å². The van der Waals surface area contributed by atoms with Gasteiger partial charge in [0.15, 0.2) is 0 Å². The molecule has 1 atom stereocenters. The summed E-state index contributed by atoms with van der Waals surface area (Å²) in [5.74, 6) is 1.95. The smallest absolute Gasteiger partial charge is 0.123 e. The molecule has 112 valence electrons. The summed E-state index contributed by atoms with van der Waals surface area (Å²) in [6.45, 7) is 2.76. The molecule has 0 heterocycles. The topological polar surface area (TPSA) is 9.23 Å². The summed E-state index contributed by atoms with van der Waals surface area (Å²) in [5.41, 5.74) is 1.28. The van der Waals surface area contributed by atoms with Crippen LogP contribution in [0.4, 0.5) is 0 Å². The minimum atomic E-state index is 0.392. The predicted molar refractivity (Wildman–Crippen MR) is 92.8 cm³/mol. The highest BCUT2D eigenvalue weighted by atomic mass is 79.9. The zero-order valence-corrected chi connectivity index (χ0v) is 15.4. The van der Waals surface area contributed by atoms with E-state index in [1.165, 1.54) is 50.5 Å². The fourth-order valence-electron chi connectivity index (χ4n) is 3.06. The van der Waals surface area contributed by atoms with Gasteiger partial charge >= 0.3 is 0 Å². The van der Waals surface area contributed by atoms with E-state index in [1.54, 1.807) is 0 Å². The van der Waals surface area contributed by atoms with Gasteiger partial charge in [-0.1, -0.05) is 64.0 Å². The normalized spacial score (nSPS) is 17.9. The molecule has 20 heavy (non-hydrogen) atoms. The molecule has 0 saturated heterocycles. The average Bonchev–Trinajstić information content (AvgIpc) is 2.48. The van der Waals surface area contributed by atoms with Crippen LogP contribution in [0.2, 0.25) is 0 Å². The molecular weight excluding hydrogens is 380 g/mol. The van der Waals surface area contributed by atoms with Gasteiger partial charge in [0.05, 0.1) is 6.61 Å². The first-order valence-electron chi connectivity index (χ1n) is 7.77. The first-order chi connectivity index (χ1) is 9.70. The SMILES string of the molecule is CCOc1ccc(Br)cc1C(Br)CCC1CCCCC1. The van der Waals surface area contributed by atoms with Crippen LogP contribution in [0.5, 0.6) is 5.75 Å². The lowest BCUT2D eigenvalue weighted by atomic mass is 9.85. The van der Waals surface area contributed by atoms with E-state index >= 15 is 0 Å². The third-order valence-corrected chi connectivity index (χ3v) is 5.61. The lowest BCUT2D eigenvalue weighted by molar-refractivity contribution is 0.325. The van der Waals surface area contributed by atoms with E-state index in [-0.39, 0.29) is 0 Å². The summed E-state index contributed by atoms with van der Waals surface area (Å²) < 4.78 is 6.88. The number of benzene rings is 1. The Labute approximate surface area is 139 Å². The number of alkyl halides is 1. The molecule has 2 rings (SSSR count). The van der Waals surface area contributed by atoms with Crippen molar-refractivity contribution in [2.75, 3.05) is 6.61 Å². The maximum Gasteiger partial charge on any atom is 0.123 e. The van der Waals surface area contributed by atoms with Crippen molar-refractivity contribution < 1.29 is 4.74 Å². The van der Waals surface area contributed by atoms with Crippen molar-refractivity contribution in [3.63, 3.8) is 0 Å². The van der Waals surface area contributed by atoms with Crippen LogP contribution in [0.15, 0.2) is 22.7 Å². The van der Waals surface area contributed by atoms with Crippen LogP contribution in [0.3, 0.4) is 0 Å². The second-order valence-corrected chi connectivity index (χ2v) is 7.69. The summed E-state index contributed by atoms with van der Waals surface area (Å²) in [4.78, 5) is 0.392. The van der Waals surface area contributed by atoms with Gasteiger partial charge in [-0.3, -0.25) is 0 Å². The number of hydrogen-bond donors (Lipinski definition) is 0. The number of rotatable bonds is 6. The zero-order valence-electron chi connectivity index (χ0n) is 12.2. The van der Waals surface area contributed by atoms with Crippen LogP contribution in [-0.2, 0) is 0 Å². The Kier molecular flexibility index (Phi) is 6.89. The summed E-state index contributed by atoms with van der Waals surface area (Å²) in [6, 6.07) is 6.30. The Balaban J connectivity index is 1.96. The van der Waals surface area contributed by atoms with E-state index in [0.29, 0.717) is 4.83 Å². The molecule has 1 aromatic carbocycles. The Morgan fingerprint density at radius 3 is 2.70 bits per heavy atom. The Bertz CT molecular complexity index is 413. The fourth-order valence-corrected chi connectivity index (χ4v) is 4.07. The van der Waals surface area contributed by atoms with E-state index in [2.05, 4.69) is 50.1 Å². The van der Waals surface area contributed by atoms with Crippen molar-refractivity contribution in [3.8, 4) is 5.75 Å². The van der Waals surface area contributed by atoms with Crippen molar-refractivity contribution in [1.82, 2.24) is 0 Å². The van der Waals surface area contributed by atoms with Gasteiger partial charge in [0.25, 0.3) is 0 Å². The van der Waals surface area contributed by atoms with E-state index in [4.69, 9.17) is 4.74 Å². The standard InChI is InChI=1S/C17H24Br2O/c1-2-20-17-11-9-14(18)12-15(17)16(19)10-8-13-6-4-3-5-7-13/h9,11-13,16H,2-8,10H2,1H3. The van der Waals surface area contributed by atoms with E-state index in [9.17, 15) is 0 Å². The molecule has 0 N–H and O–H groups in total. The van der Waals surface area contributed by atoms with Gasteiger partial charge in [-0.05, 0) is 43.9 Å². The third-order valence-electron chi connectivity index (χ3n) is 4.16. The molecule has 1 saturated carbocycles. The van der Waals surface area contributed by atoms with Crippen LogP contribution in [0, 0.1) is 5.92 Å². The lowest BCUT2D eigenvalue weighted by Gasteiger charge is -2.23. The molecule has 1 aliphatic carbocycles. The molecule has 0 spiro atoms. The van der Waals surface area contributed by atoms with Crippen LogP contribution in [-0.4, -0.2) is 6.61 Å². The molecule has 0 radical (unpaired) electrons. The highest BCUT2D eigenvalue weighted by Crippen LogP contribution is 2.39. The van der Waals surface area contributed by atoms with E-state index in [0.717, 1.165) is 22.7 Å². The third kappa shape index (κ3) is 4.77. The van der Waals surface area contributed by atoms with Gasteiger partial charge in [-0.15, -0.1) is 0 Å². The van der Waals surface area contributed by atoms with Gasteiger partial charge < -0.3 is 4.74 Å². The molecule has 1 aromatic rings. The molecule has 1 nitrogen and oxygen atoms in total. The summed E-state index contributed by atoms with van der Waals surface area (Å²) in [5, 5.41) is 0. The number of ether oxygens (including phenoxy) is 1. The first-order valence-corrected chi connectivity index (χ1v) is 9.48. The van der Waals surface area contributed by atoms with Crippen molar-refractivity contribution in [3.05, 3.63) is 28.2 Å². The van der Waals surface area contributed by atoms with Crippen LogP contribution in [0.1, 0.15) is 62.3 Å². The van der Waals surface area contributed by atoms with Gasteiger partial charge in [0.1, 0.15) is 5.75 Å². The van der Waals surface area contributed by atoms with Crippen LogP contribution >= 0.6 is 31.9 Å². The largest absolute Gasteiger partial charge is 0.494 e. The number of hydrogen-bond acceptors (Lipinski definition) is 1. The molecule has 0 bridgehead atoms. The van der Waals surface area contributed by atoms with Crippen molar-refractivity contribution in [2.45, 2.75) is 56.7 Å². The van der Waals surface area contributed by atoms with Gasteiger partial charge in [0.2, 0.25) is 0 Å². The van der Waals surface area contributed by atoms with Crippen molar-refractivity contribution in [1.29, 1.82) is 0 Å². The molecule has 0 aromatic heterocycles. The first kappa shape index (κ1) is 16.4. The van der Waals surface area contributed by atoms with Crippen molar-refractivity contribution >= 4 is 31.9 Å². The molecule has 1 unspecified atom stereocenters. The Hall–Kier alpha value is -0.0200. The molecule has 0 amide bonds. The quantitative estimate of drug-likeness (QED) is 0.483. The summed E-state index contributed by atoms with van der Waals surface area (Å²) >= 11 is 7.43. The van der Waals surface area contributed by atoms with Gasteiger partial charge in [0, 0.05) is 14.9 Å². The molecular formula is C17H24Br2O. The van der Waals surface area contributed by atoms with E-state index in [1.807, 2.05) is 6.92 Å². The minimum Gasteiger partial charge on any atom is -0.494 e. The highest BCUT2D eigenvalue weighted by molar-refractivity contribution is 9.10. The highest BCUT2D eigenvalue weighted by Gasteiger charge is 2.18. The van der Waals surface area contributed by atoms with Gasteiger partial charge in [-0.2, -0.15) is 0 Å². The fraction of sp³-hybridized carbons (Fsp3) is 0.647. The zero-order chi connectivity index (χ0) is 14.4. The van der Waals surface area contributed by atoms with E-state index < -0.39 is 0 Å². The number of halogens is 2. The van der Waals surface area contributed by atoms with Crippen LogP contribution in [0.25, 0.3) is 0 Å². The second-order valence-electron chi connectivity index (χ2n) is 5.66. The monoisotopic (exact) mass is 402 g/mol. The Morgan fingerprint density at radius 2 is 2.00 bits per heavy atom. The second kappa shape index (κ2) is 8.43. The summed E-state index contributed by atoms with van der Waals surface area (Å²) in [6.07, 6.45) is 9.67. The Morgan fingerprint density at radius 1 is 1.25 bits per heavy atom. The molecule has 1 aliphatic rings. The average molecular weight is 404 g/mol. The van der Waals surface area contributed by atoms with Crippen LogP contribution < -0.4 is 4.74 Å². The molecule has 3 heteroatoms. The summed E-state index contributed by atoms with van der Waals surface area (Å²) in [7, 11) is 0.